The molecule has 2 aliphatic carbocycles. The van der Waals surface area contributed by atoms with Gasteiger partial charge in [0.2, 0.25) is 0 Å². The van der Waals surface area contributed by atoms with E-state index >= 15 is 0 Å². The topological polar surface area (TPSA) is 0 Å². The lowest BCUT2D eigenvalue weighted by molar-refractivity contribution is 0.241. The third-order valence-corrected chi connectivity index (χ3v) is 7.09. The van der Waals surface area contributed by atoms with Crippen molar-refractivity contribution in [2.45, 2.75) is 89.9 Å². The summed E-state index contributed by atoms with van der Waals surface area (Å²) in [6.07, 6.45) is 15.3. The number of benzene rings is 1. The van der Waals surface area contributed by atoms with Gasteiger partial charge in [-0.2, -0.15) is 0 Å². The first-order valence-corrected chi connectivity index (χ1v) is 10.7. The minimum absolute atomic E-state index is 0.181. The molecule has 0 amide bonds. The van der Waals surface area contributed by atoms with Crippen molar-refractivity contribution in [1.29, 1.82) is 0 Å². The molecule has 0 aliphatic heterocycles. The van der Waals surface area contributed by atoms with Gasteiger partial charge in [-0.25, -0.2) is 13.2 Å². The highest BCUT2D eigenvalue weighted by Gasteiger charge is 2.25. The van der Waals surface area contributed by atoms with Gasteiger partial charge in [0, 0.05) is 0 Å². The molecule has 2 saturated carbocycles. The minimum Gasteiger partial charge on any atom is -0.204 e. The van der Waals surface area contributed by atoms with Gasteiger partial charge in [-0.3, -0.25) is 0 Å². The lowest BCUT2D eigenvalue weighted by atomic mass is 9.75. The van der Waals surface area contributed by atoms with Crippen molar-refractivity contribution in [3.05, 3.63) is 35.1 Å². The molecule has 0 atom stereocenters. The molecule has 3 heteroatoms. The molecule has 0 saturated heterocycles. The fourth-order valence-electron chi connectivity index (χ4n) is 5.22. The molecule has 0 spiro atoms. The molecule has 26 heavy (non-hydrogen) atoms. The lowest BCUT2D eigenvalue weighted by Crippen LogP contribution is -2.16. The van der Waals surface area contributed by atoms with E-state index in [-0.39, 0.29) is 5.92 Å². The van der Waals surface area contributed by atoms with Gasteiger partial charge in [-0.1, -0.05) is 58.3 Å². The Morgan fingerprint density at radius 3 is 1.69 bits per heavy atom. The lowest BCUT2D eigenvalue weighted by Gasteiger charge is -2.30. The van der Waals surface area contributed by atoms with Gasteiger partial charge in [-0.15, -0.1) is 0 Å². The molecule has 2 fully saturated rings. The first-order valence-electron chi connectivity index (χ1n) is 10.7. The van der Waals surface area contributed by atoms with Crippen molar-refractivity contribution in [2.75, 3.05) is 0 Å². The highest BCUT2D eigenvalue weighted by atomic mass is 19.2. The largest absolute Gasteiger partial charge is 0.204 e. The van der Waals surface area contributed by atoms with E-state index in [2.05, 4.69) is 6.92 Å². The van der Waals surface area contributed by atoms with Gasteiger partial charge in [-0.05, 0) is 67.1 Å². The van der Waals surface area contributed by atoms with Crippen LogP contribution in [0.5, 0.6) is 0 Å². The molecule has 3 rings (SSSR count). The smallest absolute Gasteiger partial charge is 0.194 e. The van der Waals surface area contributed by atoms with Gasteiger partial charge in [0.25, 0.3) is 0 Å². The predicted octanol–water partition coefficient (Wildman–Crippen LogP) is 7.76. The third-order valence-electron chi connectivity index (χ3n) is 7.09. The number of rotatable bonds is 6. The summed E-state index contributed by atoms with van der Waals surface area (Å²) in [6, 6.07) is 2.38. The van der Waals surface area contributed by atoms with Gasteiger partial charge < -0.3 is 0 Å². The normalized spacial score (nSPS) is 29.7. The monoisotopic (exact) mass is 366 g/mol. The summed E-state index contributed by atoms with van der Waals surface area (Å²) < 4.78 is 40.0. The molecule has 0 N–H and O–H groups in total. The van der Waals surface area contributed by atoms with E-state index in [4.69, 9.17) is 0 Å². The first-order chi connectivity index (χ1) is 12.6. The Morgan fingerprint density at radius 2 is 1.19 bits per heavy atom. The first kappa shape index (κ1) is 19.8. The van der Waals surface area contributed by atoms with E-state index in [9.17, 15) is 13.2 Å². The molecular weight excluding hydrogens is 333 g/mol. The van der Waals surface area contributed by atoms with Crippen molar-refractivity contribution in [1.82, 2.24) is 0 Å². The van der Waals surface area contributed by atoms with Crippen molar-refractivity contribution in [2.24, 2.45) is 17.8 Å². The van der Waals surface area contributed by atoms with Crippen LogP contribution in [0.4, 0.5) is 13.2 Å². The number of hydrogen-bond donors (Lipinski definition) is 0. The van der Waals surface area contributed by atoms with Crippen LogP contribution in [0.3, 0.4) is 0 Å². The average molecular weight is 367 g/mol. The van der Waals surface area contributed by atoms with E-state index in [0.717, 1.165) is 43.4 Å². The van der Waals surface area contributed by atoms with Crippen LogP contribution < -0.4 is 0 Å². The van der Waals surface area contributed by atoms with E-state index in [1.54, 1.807) is 0 Å². The molecule has 0 heterocycles. The van der Waals surface area contributed by atoms with Crippen LogP contribution >= 0.6 is 0 Å². The highest BCUT2D eigenvalue weighted by Crippen LogP contribution is 2.39. The summed E-state index contributed by atoms with van der Waals surface area (Å²) in [7, 11) is 0. The van der Waals surface area contributed by atoms with E-state index in [1.807, 2.05) is 0 Å². The van der Waals surface area contributed by atoms with Crippen molar-refractivity contribution in [3.8, 4) is 0 Å². The van der Waals surface area contributed by atoms with Gasteiger partial charge >= 0.3 is 0 Å². The highest BCUT2D eigenvalue weighted by molar-refractivity contribution is 5.23. The third kappa shape index (κ3) is 5.04. The zero-order valence-electron chi connectivity index (χ0n) is 16.1. The maximum absolute atomic E-state index is 13.4. The average Bonchev–Trinajstić information content (AvgIpc) is 2.67. The van der Waals surface area contributed by atoms with Crippen LogP contribution in [0, 0.1) is 35.2 Å². The molecule has 0 aromatic heterocycles. The second-order valence-electron chi connectivity index (χ2n) is 8.74. The summed E-state index contributed by atoms with van der Waals surface area (Å²) in [6.45, 7) is 2.32. The van der Waals surface area contributed by atoms with E-state index < -0.39 is 17.5 Å². The van der Waals surface area contributed by atoms with E-state index in [1.165, 1.54) is 63.5 Å². The quantitative estimate of drug-likeness (QED) is 0.451. The fraction of sp³-hybridized carbons (Fsp3) is 0.739. The molecule has 0 radical (unpaired) electrons. The van der Waals surface area contributed by atoms with Gasteiger partial charge in [0.15, 0.2) is 17.5 Å². The summed E-state index contributed by atoms with van der Waals surface area (Å²) in [4.78, 5) is 0. The van der Waals surface area contributed by atoms with Crippen molar-refractivity contribution >= 4 is 0 Å². The van der Waals surface area contributed by atoms with Crippen LogP contribution in [0.15, 0.2) is 12.1 Å². The maximum Gasteiger partial charge on any atom is 0.194 e. The van der Waals surface area contributed by atoms with Crippen LogP contribution in [-0.4, -0.2) is 0 Å². The molecule has 0 nitrogen and oxygen atoms in total. The maximum atomic E-state index is 13.4. The van der Waals surface area contributed by atoms with Crippen molar-refractivity contribution in [3.63, 3.8) is 0 Å². The fourth-order valence-corrected chi connectivity index (χ4v) is 5.22. The van der Waals surface area contributed by atoms with Crippen molar-refractivity contribution < 1.29 is 13.2 Å². The zero-order chi connectivity index (χ0) is 18.5. The van der Waals surface area contributed by atoms with Gasteiger partial charge in [0.1, 0.15) is 0 Å². The van der Waals surface area contributed by atoms with Crippen LogP contribution in [-0.2, 0) is 0 Å². The second kappa shape index (κ2) is 9.28. The molecule has 1 aromatic rings. The Labute approximate surface area is 156 Å². The Bertz CT molecular complexity index is 544. The molecule has 146 valence electrons. The van der Waals surface area contributed by atoms with Gasteiger partial charge in [0.05, 0.1) is 0 Å². The Morgan fingerprint density at radius 1 is 0.731 bits per heavy atom. The summed E-state index contributed by atoms with van der Waals surface area (Å²) in [5, 5.41) is 0. The molecule has 0 bridgehead atoms. The molecule has 2 aliphatic rings. The molecular formula is C23H33F3. The SMILES string of the molecule is CCC1CCC(CCCC2CCC(c3cc(F)c(F)c(F)c3)CC2)CC1. The minimum atomic E-state index is -1.35. The number of halogens is 3. The summed E-state index contributed by atoms with van der Waals surface area (Å²) in [5.41, 5.74) is 0.632. The van der Waals surface area contributed by atoms with E-state index in [0.29, 0.717) is 5.56 Å². The second-order valence-corrected chi connectivity index (χ2v) is 8.74. The Hall–Kier alpha value is -0.990. The molecule has 0 unspecified atom stereocenters. The molecule has 1 aromatic carbocycles. The zero-order valence-corrected chi connectivity index (χ0v) is 16.1. The summed E-state index contributed by atoms with van der Waals surface area (Å²) in [5.74, 6) is -0.606. The van der Waals surface area contributed by atoms with Crippen LogP contribution in [0.1, 0.15) is 95.5 Å². The Kier molecular flexibility index (Phi) is 7.05. The summed E-state index contributed by atoms with van der Waals surface area (Å²) >= 11 is 0. The predicted molar refractivity (Wildman–Crippen MR) is 101 cm³/mol. The van der Waals surface area contributed by atoms with Crippen LogP contribution in [0.2, 0.25) is 0 Å². The number of hydrogen-bond acceptors (Lipinski definition) is 0. The Balaban J connectivity index is 1.38. The standard InChI is InChI=1S/C23H33F3/c1-2-16-6-8-17(9-7-16)4-3-5-18-10-12-19(13-11-18)20-14-21(24)23(26)22(25)15-20/h14-19H,2-13H2,1H3. The van der Waals surface area contributed by atoms with Crippen LogP contribution in [0.25, 0.3) is 0 Å².